The van der Waals surface area contributed by atoms with Crippen LogP contribution in [0.5, 0.6) is 0 Å². The Hall–Kier alpha value is -1.31. The Labute approximate surface area is 163 Å². The number of hydrogen-bond acceptors (Lipinski definition) is 2. The van der Waals surface area contributed by atoms with E-state index >= 15 is 0 Å². The first kappa shape index (κ1) is 22.7. The topological polar surface area (TPSA) is 65.5 Å². The Balaban J connectivity index is 0.00000529. The van der Waals surface area contributed by atoms with Gasteiger partial charge in [0.2, 0.25) is 5.91 Å². The smallest absolute Gasteiger partial charge is 0.225 e. The molecule has 0 bridgehead atoms. The van der Waals surface area contributed by atoms with Crippen LogP contribution < -0.4 is 16.0 Å². The summed E-state index contributed by atoms with van der Waals surface area (Å²) < 4.78 is 0. The molecule has 1 amide bonds. The Morgan fingerprint density at radius 3 is 2.25 bits per heavy atom. The van der Waals surface area contributed by atoms with Gasteiger partial charge in [0, 0.05) is 32.1 Å². The van der Waals surface area contributed by atoms with Gasteiger partial charge in [-0.25, -0.2) is 0 Å². The molecule has 0 unspecified atom stereocenters. The minimum atomic E-state index is -0.358. The second-order valence-electron chi connectivity index (χ2n) is 6.79. The van der Waals surface area contributed by atoms with Gasteiger partial charge < -0.3 is 16.0 Å². The van der Waals surface area contributed by atoms with Crippen molar-refractivity contribution in [2.45, 2.75) is 41.2 Å². The van der Waals surface area contributed by atoms with E-state index in [1.54, 1.807) is 7.05 Å². The molecule has 1 aromatic rings. The van der Waals surface area contributed by atoms with Gasteiger partial charge in [0.15, 0.2) is 5.96 Å². The van der Waals surface area contributed by atoms with Crippen LogP contribution in [0.25, 0.3) is 0 Å². The number of benzene rings is 1. The molecular formula is C18H31IN4O. The van der Waals surface area contributed by atoms with Crippen molar-refractivity contribution in [1.29, 1.82) is 0 Å². The fourth-order valence-corrected chi connectivity index (χ4v) is 2.07. The summed E-state index contributed by atoms with van der Waals surface area (Å²) in [6.07, 6.45) is 0. The molecule has 0 saturated heterocycles. The van der Waals surface area contributed by atoms with Crippen molar-refractivity contribution in [2.24, 2.45) is 10.4 Å². The van der Waals surface area contributed by atoms with Crippen molar-refractivity contribution in [3.05, 3.63) is 34.9 Å². The van der Waals surface area contributed by atoms with Crippen LogP contribution in [0.2, 0.25) is 0 Å². The molecule has 0 fully saturated rings. The highest BCUT2D eigenvalue weighted by Crippen LogP contribution is 2.12. The van der Waals surface area contributed by atoms with E-state index in [-0.39, 0.29) is 35.3 Å². The molecule has 0 heterocycles. The fourth-order valence-electron chi connectivity index (χ4n) is 2.07. The third kappa shape index (κ3) is 7.99. The van der Waals surface area contributed by atoms with Crippen molar-refractivity contribution in [3.63, 3.8) is 0 Å². The highest BCUT2D eigenvalue weighted by atomic mass is 127. The molecule has 6 heteroatoms. The largest absolute Gasteiger partial charge is 0.355 e. The lowest BCUT2D eigenvalue weighted by Gasteiger charge is -2.18. The Bertz CT molecular complexity index is 565. The monoisotopic (exact) mass is 446 g/mol. The molecule has 0 radical (unpaired) electrons. The van der Waals surface area contributed by atoms with Crippen molar-refractivity contribution in [2.75, 3.05) is 20.1 Å². The van der Waals surface area contributed by atoms with E-state index in [9.17, 15) is 4.79 Å². The van der Waals surface area contributed by atoms with Gasteiger partial charge in [-0.2, -0.15) is 0 Å². The van der Waals surface area contributed by atoms with Gasteiger partial charge in [-0.1, -0.05) is 44.5 Å². The highest BCUT2D eigenvalue weighted by Gasteiger charge is 2.20. The summed E-state index contributed by atoms with van der Waals surface area (Å²) in [6.45, 7) is 11.8. The van der Waals surface area contributed by atoms with Crippen LogP contribution in [-0.2, 0) is 11.3 Å². The number of guanidine groups is 1. The maximum absolute atomic E-state index is 11.8. The van der Waals surface area contributed by atoms with Gasteiger partial charge in [0.05, 0.1) is 0 Å². The summed E-state index contributed by atoms with van der Waals surface area (Å²) in [5.74, 6) is 0.785. The van der Waals surface area contributed by atoms with Gasteiger partial charge in [-0.3, -0.25) is 9.79 Å². The normalized spacial score (nSPS) is 11.5. The Morgan fingerprint density at radius 2 is 1.71 bits per heavy atom. The number of rotatable bonds is 5. The highest BCUT2D eigenvalue weighted by molar-refractivity contribution is 14.0. The maximum Gasteiger partial charge on any atom is 0.225 e. The molecule has 0 spiro atoms. The molecule has 5 nitrogen and oxygen atoms in total. The first-order chi connectivity index (χ1) is 10.7. The lowest BCUT2D eigenvalue weighted by atomic mass is 9.96. The summed E-state index contributed by atoms with van der Waals surface area (Å²) in [5.41, 5.74) is 3.43. The average Bonchev–Trinajstić information content (AvgIpc) is 2.46. The third-order valence-electron chi connectivity index (χ3n) is 3.55. The van der Waals surface area contributed by atoms with Gasteiger partial charge in [0.25, 0.3) is 0 Å². The SMILES string of the molecule is CN=C(NCCNC(=O)C(C)(C)C)NCc1ccc(C)cc1C.I. The molecule has 0 aliphatic carbocycles. The van der Waals surface area contributed by atoms with Crippen LogP contribution in [0, 0.1) is 19.3 Å². The van der Waals surface area contributed by atoms with E-state index < -0.39 is 0 Å². The van der Waals surface area contributed by atoms with E-state index in [2.05, 4.69) is 53.0 Å². The third-order valence-corrected chi connectivity index (χ3v) is 3.55. The summed E-state index contributed by atoms with van der Waals surface area (Å²) in [6, 6.07) is 6.42. The summed E-state index contributed by atoms with van der Waals surface area (Å²) in [4.78, 5) is 16.0. The number of nitrogens with zero attached hydrogens (tertiary/aromatic N) is 1. The second kappa shape index (κ2) is 10.5. The minimum absolute atomic E-state index is 0. The van der Waals surface area contributed by atoms with Crippen LogP contribution in [0.1, 0.15) is 37.5 Å². The molecule has 136 valence electrons. The molecule has 24 heavy (non-hydrogen) atoms. The molecule has 1 aromatic carbocycles. The number of amides is 1. The quantitative estimate of drug-likeness (QED) is 0.282. The van der Waals surface area contributed by atoms with Crippen LogP contribution in [0.4, 0.5) is 0 Å². The number of halogens is 1. The lowest BCUT2D eigenvalue weighted by molar-refractivity contribution is -0.128. The standard InChI is InChI=1S/C18H30N4O.HI/c1-13-7-8-15(14(2)11-13)12-22-17(19-6)21-10-9-20-16(23)18(3,4)5;/h7-8,11H,9-10,12H2,1-6H3,(H,20,23)(H2,19,21,22);1H. The summed E-state index contributed by atoms with van der Waals surface area (Å²) >= 11 is 0. The van der Waals surface area contributed by atoms with E-state index in [0.717, 1.165) is 12.5 Å². The first-order valence-corrected chi connectivity index (χ1v) is 8.03. The average molecular weight is 446 g/mol. The van der Waals surface area contributed by atoms with Crippen LogP contribution in [-0.4, -0.2) is 32.0 Å². The first-order valence-electron chi connectivity index (χ1n) is 8.03. The molecule has 3 N–H and O–H groups in total. The summed E-state index contributed by atoms with van der Waals surface area (Å²) in [5, 5.41) is 9.40. The zero-order chi connectivity index (χ0) is 17.5. The molecule has 0 aromatic heterocycles. The van der Waals surface area contributed by atoms with E-state index in [1.807, 2.05) is 20.8 Å². The van der Waals surface area contributed by atoms with Gasteiger partial charge in [-0.05, 0) is 25.0 Å². The van der Waals surface area contributed by atoms with Crippen LogP contribution in [0.15, 0.2) is 23.2 Å². The second-order valence-corrected chi connectivity index (χ2v) is 6.79. The fraction of sp³-hybridized carbons (Fsp3) is 0.556. The number of carbonyl (C=O) groups excluding carboxylic acids is 1. The van der Waals surface area contributed by atoms with Crippen LogP contribution in [0.3, 0.4) is 0 Å². The number of hydrogen-bond donors (Lipinski definition) is 3. The lowest BCUT2D eigenvalue weighted by Crippen LogP contribution is -2.43. The minimum Gasteiger partial charge on any atom is -0.355 e. The van der Waals surface area contributed by atoms with Gasteiger partial charge in [0.1, 0.15) is 0 Å². The maximum atomic E-state index is 11.8. The predicted octanol–water partition coefficient (Wildman–Crippen LogP) is 2.75. The number of aliphatic imine (C=N–C) groups is 1. The van der Waals surface area contributed by atoms with E-state index in [4.69, 9.17) is 0 Å². The molecular weight excluding hydrogens is 415 g/mol. The van der Waals surface area contributed by atoms with Crippen molar-refractivity contribution >= 4 is 35.8 Å². The molecule has 0 saturated carbocycles. The molecule has 0 aliphatic heterocycles. The Kier molecular flexibility index (Phi) is 9.96. The van der Waals surface area contributed by atoms with E-state index in [1.165, 1.54) is 16.7 Å². The number of carbonyl (C=O) groups is 1. The summed E-state index contributed by atoms with van der Waals surface area (Å²) in [7, 11) is 1.74. The van der Waals surface area contributed by atoms with Crippen LogP contribution >= 0.6 is 24.0 Å². The van der Waals surface area contributed by atoms with Crippen molar-refractivity contribution < 1.29 is 4.79 Å². The zero-order valence-corrected chi connectivity index (χ0v) is 17.9. The van der Waals surface area contributed by atoms with Crippen molar-refractivity contribution in [3.8, 4) is 0 Å². The molecule has 1 rings (SSSR count). The van der Waals surface area contributed by atoms with Crippen molar-refractivity contribution in [1.82, 2.24) is 16.0 Å². The Morgan fingerprint density at radius 1 is 1.08 bits per heavy atom. The zero-order valence-electron chi connectivity index (χ0n) is 15.6. The number of nitrogens with one attached hydrogen (secondary N) is 3. The molecule has 0 aliphatic rings. The number of aryl methyl sites for hydroxylation is 2. The molecule has 0 atom stereocenters. The van der Waals surface area contributed by atoms with Gasteiger partial charge in [-0.15, -0.1) is 24.0 Å². The van der Waals surface area contributed by atoms with E-state index in [0.29, 0.717) is 13.1 Å². The van der Waals surface area contributed by atoms with Gasteiger partial charge >= 0.3 is 0 Å². The predicted molar refractivity (Wildman–Crippen MR) is 112 cm³/mol.